The van der Waals surface area contributed by atoms with Crippen LogP contribution in [0.1, 0.15) is 18.9 Å². The molecule has 0 aliphatic rings. The van der Waals surface area contributed by atoms with Crippen LogP contribution in [0, 0.1) is 5.82 Å². The van der Waals surface area contributed by atoms with Crippen LogP contribution in [0.3, 0.4) is 0 Å². The Kier molecular flexibility index (Phi) is 3.96. The van der Waals surface area contributed by atoms with Gasteiger partial charge in [0.25, 0.3) is 0 Å². The fourth-order valence-electron chi connectivity index (χ4n) is 1.57. The maximum absolute atomic E-state index is 13.1. The second-order valence-electron chi connectivity index (χ2n) is 3.74. The molecule has 0 aliphatic heterocycles. The van der Waals surface area contributed by atoms with Crippen molar-refractivity contribution in [1.82, 2.24) is 0 Å². The predicted molar refractivity (Wildman–Crippen MR) is 57.6 cm³/mol. The van der Waals surface area contributed by atoms with Crippen LogP contribution in [0.25, 0.3) is 0 Å². The van der Waals surface area contributed by atoms with Crippen LogP contribution < -0.4 is 0 Å². The fourth-order valence-corrected chi connectivity index (χ4v) is 1.57. The van der Waals surface area contributed by atoms with Crippen molar-refractivity contribution in [3.05, 3.63) is 35.6 Å². The van der Waals surface area contributed by atoms with Gasteiger partial charge in [-0.15, -0.1) is 0 Å². The number of halogens is 1. The third-order valence-electron chi connectivity index (χ3n) is 2.33. The van der Waals surface area contributed by atoms with E-state index in [1.807, 2.05) is 0 Å². The lowest BCUT2D eigenvalue weighted by molar-refractivity contribution is -0.166. The lowest BCUT2D eigenvalue weighted by Gasteiger charge is -2.24. The number of carbonyl (C=O) groups excluding carboxylic acids is 2. The molecule has 92 valence electrons. The molecular weight excluding hydrogens is 227 g/mol. The van der Waals surface area contributed by atoms with E-state index < -0.39 is 29.6 Å². The first-order valence-corrected chi connectivity index (χ1v) is 4.96. The molecule has 0 spiro atoms. The lowest BCUT2D eigenvalue weighted by Crippen LogP contribution is -2.38. The average Bonchev–Trinajstić information content (AvgIpc) is 2.26. The molecule has 0 saturated carbocycles. The topological polar surface area (TPSA) is 63.6 Å². The van der Waals surface area contributed by atoms with Gasteiger partial charge in [0.15, 0.2) is 5.60 Å². The van der Waals surface area contributed by atoms with Gasteiger partial charge >= 0.3 is 5.97 Å². The summed E-state index contributed by atoms with van der Waals surface area (Å²) < 4.78 is 17.5. The summed E-state index contributed by atoms with van der Waals surface area (Å²) >= 11 is 0. The maximum Gasteiger partial charge on any atom is 0.343 e. The van der Waals surface area contributed by atoms with E-state index in [0.717, 1.165) is 13.2 Å². The Hall–Kier alpha value is -1.75. The Balaban J connectivity index is 3.23. The largest absolute Gasteiger partial charge is 0.467 e. The van der Waals surface area contributed by atoms with Crippen molar-refractivity contribution in [2.75, 3.05) is 7.11 Å². The van der Waals surface area contributed by atoms with Crippen molar-refractivity contribution in [2.45, 2.75) is 18.9 Å². The van der Waals surface area contributed by atoms with Crippen LogP contribution >= 0.6 is 0 Å². The van der Waals surface area contributed by atoms with Crippen LogP contribution in [0.5, 0.6) is 0 Å². The first-order valence-electron chi connectivity index (χ1n) is 4.96. The molecule has 17 heavy (non-hydrogen) atoms. The highest BCUT2D eigenvalue weighted by Crippen LogP contribution is 2.27. The Morgan fingerprint density at radius 2 is 2.12 bits per heavy atom. The Morgan fingerprint density at radius 1 is 1.47 bits per heavy atom. The molecule has 0 aliphatic carbocycles. The fraction of sp³-hybridized carbons (Fsp3) is 0.333. The molecular formula is C12H13FO4. The van der Waals surface area contributed by atoms with Crippen molar-refractivity contribution < 1.29 is 23.8 Å². The second-order valence-corrected chi connectivity index (χ2v) is 3.74. The number of rotatable bonds is 4. The molecule has 0 amide bonds. The molecule has 0 unspecified atom stereocenters. The van der Waals surface area contributed by atoms with Crippen LogP contribution in [0.2, 0.25) is 0 Å². The Bertz CT molecular complexity index is 444. The summed E-state index contributed by atoms with van der Waals surface area (Å²) in [5.41, 5.74) is -2.14. The molecule has 1 aromatic carbocycles. The van der Waals surface area contributed by atoms with Crippen LogP contribution in [-0.2, 0) is 19.9 Å². The highest BCUT2D eigenvalue weighted by atomic mass is 19.1. The van der Waals surface area contributed by atoms with Crippen molar-refractivity contribution in [3.63, 3.8) is 0 Å². The minimum atomic E-state index is -2.14. The highest BCUT2D eigenvalue weighted by molar-refractivity contribution is 5.88. The van der Waals surface area contributed by atoms with Gasteiger partial charge in [-0.05, 0) is 24.6 Å². The summed E-state index contributed by atoms with van der Waals surface area (Å²) in [6.07, 6.45) is -0.455. The Morgan fingerprint density at radius 3 is 2.59 bits per heavy atom. The van der Waals surface area contributed by atoms with Crippen molar-refractivity contribution in [3.8, 4) is 0 Å². The summed E-state index contributed by atoms with van der Waals surface area (Å²) in [4.78, 5) is 22.6. The summed E-state index contributed by atoms with van der Waals surface area (Å²) in [5, 5.41) is 10.2. The number of ketones is 1. The molecule has 4 nitrogen and oxygen atoms in total. The number of ether oxygens (including phenoxy) is 1. The van der Waals surface area contributed by atoms with Gasteiger partial charge < -0.3 is 9.84 Å². The minimum Gasteiger partial charge on any atom is -0.467 e. The van der Waals surface area contributed by atoms with Gasteiger partial charge in [0.05, 0.1) is 7.11 Å². The molecule has 1 atom stereocenters. The Labute approximate surface area is 98.0 Å². The monoisotopic (exact) mass is 240 g/mol. The van der Waals surface area contributed by atoms with E-state index in [0.29, 0.717) is 0 Å². The lowest BCUT2D eigenvalue weighted by atomic mass is 9.89. The van der Waals surface area contributed by atoms with Gasteiger partial charge in [-0.2, -0.15) is 0 Å². The third-order valence-corrected chi connectivity index (χ3v) is 2.33. The quantitative estimate of drug-likeness (QED) is 0.802. The number of aliphatic hydroxyl groups is 1. The zero-order valence-corrected chi connectivity index (χ0v) is 9.57. The minimum absolute atomic E-state index is 0.000417. The van der Waals surface area contributed by atoms with E-state index in [-0.39, 0.29) is 5.56 Å². The molecule has 0 radical (unpaired) electrons. The first kappa shape index (κ1) is 13.3. The van der Waals surface area contributed by atoms with E-state index in [1.54, 1.807) is 0 Å². The number of Topliss-reactive ketones (excluding diaryl/α,β-unsaturated/α-hetero) is 1. The molecule has 5 heteroatoms. The molecule has 0 heterocycles. The molecule has 1 rings (SSSR count). The summed E-state index contributed by atoms with van der Waals surface area (Å²) in [7, 11) is 1.09. The van der Waals surface area contributed by atoms with Gasteiger partial charge in [-0.1, -0.05) is 12.1 Å². The molecule has 1 aromatic rings. The van der Waals surface area contributed by atoms with E-state index in [4.69, 9.17) is 0 Å². The van der Waals surface area contributed by atoms with Gasteiger partial charge in [0.2, 0.25) is 0 Å². The standard InChI is InChI=1S/C12H13FO4/c1-8(14)7-12(16,11(15)17-2)9-4-3-5-10(13)6-9/h3-6,16H,7H2,1-2H3/t12-/m1/s1. The normalized spacial score (nSPS) is 13.9. The predicted octanol–water partition coefficient (Wildman–Crippen LogP) is 1.17. The summed E-state index contributed by atoms with van der Waals surface area (Å²) in [6.45, 7) is 1.23. The number of hydrogen-bond acceptors (Lipinski definition) is 4. The SMILES string of the molecule is COC(=O)[C@@](O)(CC(C)=O)c1cccc(F)c1. The average molecular weight is 240 g/mol. The first-order chi connectivity index (χ1) is 7.90. The summed E-state index contributed by atoms with van der Waals surface area (Å²) in [5.74, 6) is -1.99. The molecule has 0 bridgehead atoms. The molecule has 0 aromatic heterocycles. The van der Waals surface area contributed by atoms with Gasteiger partial charge in [0, 0.05) is 6.42 Å². The van der Waals surface area contributed by atoms with Crippen molar-refractivity contribution in [1.29, 1.82) is 0 Å². The highest BCUT2D eigenvalue weighted by Gasteiger charge is 2.40. The van der Waals surface area contributed by atoms with E-state index >= 15 is 0 Å². The van der Waals surface area contributed by atoms with Crippen molar-refractivity contribution >= 4 is 11.8 Å². The van der Waals surface area contributed by atoms with Gasteiger partial charge in [-0.25, -0.2) is 9.18 Å². The smallest absolute Gasteiger partial charge is 0.343 e. The van der Waals surface area contributed by atoms with E-state index in [1.165, 1.54) is 25.1 Å². The zero-order valence-electron chi connectivity index (χ0n) is 9.57. The number of hydrogen-bond donors (Lipinski definition) is 1. The molecule has 1 N–H and O–H groups in total. The van der Waals surface area contributed by atoms with Crippen LogP contribution in [0.15, 0.2) is 24.3 Å². The van der Waals surface area contributed by atoms with Gasteiger partial charge in [-0.3, -0.25) is 4.79 Å². The molecule has 0 fully saturated rings. The molecule has 0 saturated heterocycles. The van der Waals surface area contributed by atoms with Crippen LogP contribution in [0.4, 0.5) is 4.39 Å². The second kappa shape index (κ2) is 5.05. The van der Waals surface area contributed by atoms with E-state index in [2.05, 4.69) is 4.74 Å². The number of carbonyl (C=O) groups is 2. The number of benzene rings is 1. The van der Waals surface area contributed by atoms with Gasteiger partial charge in [0.1, 0.15) is 11.6 Å². The van der Waals surface area contributed by atoms with E-state index in [9.17, 15) is 19.1 Å². The third kappa shape index (κ3) is 2.88. The summed E-state index contributed by atoms with van der Waals surface area (Å²) in [6, 6.07) is 4.89. The maximum atomic E-state index is 13.1. The van der Waals surface area contributed by atoms with Crippen LogP contribution in [-0.4, -0.2) is 24.0 Å². The number of esters is 1. The number of methoxy groups -OCH3 is 1. The zero-order chi connectivity index (χ0) is 13.1. The van der Waals surface area contributed by atoms with Crippen molar-refractivity contribution in [2.24, 2.45) is 0 Å².